The summed E-state index contributed by atoms with van der Waals surface area (Å²) >= 11 is 13.7. The van der Waals surface area contributed by atoms with E-state index in [1.165, 1.54) is 11.3 Å². The monoisotopic (exact) mass is 441 g/mol. The minimum Gasteiger partial charge on any atom is -0.450 e. The van der Waals surface area contributed by atoms with E-state index in [0.717, 1.165) is 10.4 Å². The Morgan fingerprint density at radius 3 is 2.79 bits per heavy atom. The van der Waals surface area contributed by atoms with Gasteiger partial charge in [0.25, 0.3) is 0 Å². The Labute approximate surface area is 177 Å². The first-order valence-electron chi connectivity index (χ1n) is 9.07. The first kappa shape index (κ1) is 20.9. The molecule has 6 nitrogen and oxygen atoms in total. The molecule has 0 saturated carbocycles. The number of halogens is 2. The van der Waals surface area contributed by atoms with Crippen molar-refractivity contribution in [1.82, 2.24) is 9.88 Å². The van der Waals surface area contributed by atoms with E-state index in [0.29, 0.717) is 54.1 Å². The lowest BCUT2D eigenvalue weighted by atomic mass is 9.96. The normalized spacial score (nSPS) is 14.8. The van der Waals surface area contributed by atoms with Crippen molar-refractivity contribution in [3.8, 4) is 0 Å². The van der Waals surface area contributed by atoms with Crippen LogP contribution in [0, 0.1) is 5.92 Å². The van der Waals surface area contributed by atoms with Crippen LogP contribution in [-0.4, -0.2) is 41.6 Å². The molecular weight excluding hydrogens is 421 g/mol. The van der Waals surface area contributed by atoms with E-state index in [4.69, 9.17) is 27.9 Å². The highest BCUT2D eigenvalue weighted by molar-refractivity contribution is 7.15. The second-order valence-electron chi connectivity index (χ2n) is 6.49. The Hall–Kier alpha value is -1.83. The molecule has 1 aliphatic rings. The number of hydrogen-bond acceptors (Lipinski definition) is 5. The molecule has 150 valence electrons. The van der Waals surface area contributed by atoms with E-state index in [1.54, 1.807) is 30.2 Å². The quantitative estimate of drug-likeness (QED) is 0.719. The van der Waals surface area contributed by atoms with Gasteiger partial charge in [-0.3, -0.25) is 4.79 Å². The summed E-state index contributed by atoms with van der Waals surface area (Å²) in [5, 5.41) is 4.73. The third-order valence-electron chi connectivity index (χ3n) is 4.55. The number of anilines is 1. The molecule has 1 saturated heterocycles. The molecule has 2 heterocycles. The predicted molar refractivity (Wildman–Crippen MR) is 111 cm³/mol. The second kappa shape index (κ2) is 9.58. The topological polar surface area (TPSA) is 71.5 Å². The number of rotatable bonds is 5. The lowest BCUT2D eigenvalue weighted by molar-refractivity contribution is -0.121. The molecule has 2 amide bonds. The number of carbonyl (C=O) groups is 2. The molecule has 28 heavy (non-hydrogen) atoms. The molecule has 2 aromatic rings. The molecule has 0 atom stereocenters. The van der Waals surface area contributed by atoms with Crippen LogP contribution in [0.2, 0.25) is 10.0 Å². The van der Waals surface area contributed by atoms with Crippen molar-refractivity contribution in [3.05, 3.63) is 44.9 Å². The maximum absolute atomic E-state index is 12.5. The molecule has 0 radical (unpaired) electrons. The van der Waals surface area contributed by atoms with E-state index in [2.05, 4.69) is 10.3 Å². The molecule has 1 aliphatic heterocycles. The van der Waals surface area contributed by atoms with E-state index >= 15 is 0 Å². The van der Waals surface area contributed by atoms with Crippen molar-refractivity contribution < 1.29 is 14.3 Å². The molecule has 0 aliphatic carbocycles. The van der Waals surface area contributed by atoms with Crippen LogP contribution in [0.4, 0.5) is 9.93 Å². The highest BCUT2D eigenvalue weighted by Gasteiger charge is 2.28. The fourth-order valence-corrected chi connectivity index (χ4v) is 4.28. The number of benzene rings is 1. The highest BCUT2D eigenvalue weighted by atomic mass is 35.5. The lowest BCUT2D eigenvalue weighted by Gasteiger charge is -2.30. The molecule has 1 N–H and O–H groups in total. The largest absolute Gasteiger partial charge is 0.450 e. The fraction of sp³-hybridized carbons (Fsp3) is 0.421. The van der Waals surface area contributed by atoms with Gasteiger partial charge in [-0.2, -0.15) is 0 Å². The van der Waals surface area contributed by atoms with E-state index < -0.39 is 0 Å². The van der Waals surface area contributed by atoms with Gasteiger partial charge in [0, 0.05) is 46.5 Å². The van der Waals surface area contributed by atoms with Gasteiger partial charge in [-0.15, -0.1) is 11.3 Å². The minimum absolute atomic E-state index is 0.0646. The maximum atomic E-state index is 12.5. The number of nitrogens with zero attached hydrogens (tertiary/aromatic N) is 2. The smallest absolute Gasteiger partial charge is 0.409 e. The second-order valence-corrected chi connectivity index (χ2v) is 8.45. The Morgan fingerprint density at radius 2 is 2.07 bits per heavy atom. The van der Waals surface area contributed by atoms with E-state index in [1.807, 2.05) is 6.07 Å². The standard InChI is InChI=1S/C19H21Cl2N3O3S/c1-2-27-19(26)24-7-5-12(6-8-24)17(25)23-18-22-11-15(28-18)10-13-9-14(20)3-4-16(13)21/h3-4,9,11-12H,2,5-8,10H2,1H3,(H,22,23,25). The number of thiazole rings is 1. The lowest BCUT2D eigenvalue weighted by Crippen LogP contribution is -2.41. The van der Waals surface area contributed by atoms with Crippen LogP contribution in [0.3, 0.4) is 0 Å². The Bertz CT molecular complexity index is 851. The summed E-state index contributed by atoms with van der Waals surface area (Å²) in [4.78, 5) is 31.2. The molecule has 9 heteroatoms. The summed E-state index contributed by atoms with van der Waals surface area (Å²) in [5.41, 5.74) is 0.919. The average Bonchev–Trinajstić information content (AvgIpc) is 3.12. The summed E-state index contributed by atoms with van der Waals surface area (Å²) in [7, 11) is 0. The minimum atomic E-state index is -0.314. The van der Waals surface area contributed by atoms with Crippen LogP contribution in [0.25, 0.3) is 0 Å². The molecule has 3 rings (SSSR count). The van der Waals surface area contributed by atoms with Gasteiger partial charge in [-0.1, -0.05) is 23.2 Å². The van der Waals surface area contributed by atoms with Crippen LogP contribution in [0.1, 0.15) is 30.2 Å². The number of likely N-dealkylation sites (tertiary alicyclic amines) is 1. The number of nitrogens with one attached hydrogen (secondary N) is 1. The number of piperidine rings is 1. The van der Waals surface area contributed by atoms with Gasteiger partial charge in [0.1, 0.15) is 0 Å². The number of carbonyl (C=O) groups excluding carboxylic acids is 2. The van der Waals surface area contributed by atoms with Crippen LogP contribution in [0.15, 0.2) is 24.4 Å². The third-order valence-corrected chi connectivity index (χ3v) is 6.06. The molecular formula is C19H21Cl2N3O3S. The van der Waals surface area contributed by atoms with Gasteiger partial charge in [0.2, 0.25) is 5.91 Å². The number of ether oxygens (including phenoxy) is 1. The predicted octanol–water partition coefficient (Wildman–Crippen LogP) is 4.85. The molecule has 1 fully saturated rings. The number of hydrogen-bond donors (Lipinski definition) is 1. The molecule has 1 aromatic carbocycles. The van der Waals surface area contributed by atoms with Crippen molar-refractivity contribution in [2.45, 2.75) is 26.2 Å². The third kappa shape index (κ3) is 5.37. The van der Waals surface area contributed by atoms with Gasteiger partial charge >= 0.3 is 6.09 Å². The summed E-state index contributed by atoms with van der Waals surface area (Å²) in [6.07, 6.45) is 3.25. The zero-order valence-electron chi connectivity index (χ0n) is 15.4. The van der Waals surface area contributed by atoms with Gasteiger partial charge in [-0.25, -0.2) is 9.78 Å². The van der Waals surface area contributed by atoms with Gasteiger partial charge in [-0.05, 0) is 43.5 Å². The van der Waals surface area contributed by atoms with E-state index in [-0.39, 0.29) is 17.9 Å². The van der Waals surface area contributed by atoms with Crippen LogP contribution in [-0.2, 0) is 16.0 Å². The molecule has 0 unspecified atom stereocenters. The SMILES string of the molecule is CCOC(=O)N1CCC(C(=O)Nc2ncc(Cc3cc(Cl)ccc3Cl)s2)CC1. The molecule has 0 spiro atoms. The van der Waals surface area contributed by atoms with Crippen molar-refractivity contribution in [3.63, 3.8) is 0 Å². The Balaban J connectivity index is 1.53. The fourth-order valence-electron chi connectivity index (χ4n) is 3.06. The van der Waals surface area contributed by atoms with Crippen LogP contribution >= 0.6 is 34.5 Å². The number of aromatic nitrogens is 1. The Morgan fingerprint density at radius 1 is 1.32 bits per heavy atom. The first-order chi connectivity index (χ1) is 13.5. The highest BCUT2D eigenvalue weighted by Crippen LogP contribution is 2.28. The average molecular weight is 442 g/mol. The van der Waals surface area contributed by atoms with Crippen molar-refractivity contribution in [2.75, 3.05) is 25.0 Å². The summed E-state index contributed by atoms with van der Waals surface area (Å²) < 4.78 is 5.00. The van der Waals surface area contributed by atoms with E-state index in [9.17, 15) is 9.59 Å². The van der Waals surface area contributed by atoms with Crippen LogP contribution < -0.4 is 5.32 Å². The van der Waals surface area contributed by atoms with Gasteiger partial charge in [0.05, 0.1) is 6.61 Å². The Kier molecular flexibility index (Phi) is 7.15. The first-order valence-corrected chi connectivity index (χ1v) is 10.6. The van der Waals surface area contributed by atoms with Gasteiger partial charge in [0.15, 0.2) is 5.13 Å². The summed E-state index contributed by atoms with van der Waals surface area (Å²) in [6, 6.07) is 5.35. The zero-order chi connectivity index (χ0) is 20.1. The molecule has 0 bridgehead atoms. The summed E-state index contributed by atoms with van der Waals surface area (Å²) in [6.45, 7) is 3.17. The van der Waals surface area contributed by atoms with Gasteiger partial charge < -0.3 is 15.0 Å². The van der Waals surface area contributed by atoms with Crippen molar-refractivity contribution in [2.24, 2.45) is 5.92 Å². The number of amides is 2. The maximum Gasteiger partial charge on any atom is 0.409 e. The summed E-state index contributed by atoms with van der Waals surface area (Å²) in [5.74, 6) is -0.203. The van der Waals surface area contributed by atoms with Crippen LogP contribution in [0.5, 0.6) is 0 Å². The van der Waals surface area contributed by atoms with Crippen molar-refractivity contribution in [1.29, 1.82) is 0 Å². The molecule has 1 aromatic heterocycles. The van der Waals surface area contributed by atoms with Crippen molar-refractivity contribution >= 4 is 51.7 Å². The zero-order valence-corrected chi connectivity index (χ0v) is 17.7.